The zero-order valence-electron chi connectivity index (χ0n) is 13.5. The minimum atomic E-state index is -0.334. The van der Waals surface area contributed by atoms with Gasteiger partial charge in [-0.3, -0.25) is 9.59 Å². The van der Waals surface area contributed by atoms with Crippen LogP contribution >= 0.6 is 11.6 Å². The molecule has 0 aliphatic heterocycles. The Balaban J connectivity index is 1.70. The average Bonchev–Trinajstić information content (AvgIpc) is 2.52. The third-order valence-corrected chi connectivity index (χ3v) is 4.34. The number of amides is 2. The van der Waals surface area contributed by atoms with Crippen molar-refractivity contribution in [2.45, 2.75) is 45.4 Å². The summed E-state index contributed by atoms with van der Waals surface area (Å²) in [5, 5.41) is 6.08. The number of anilines is 1. The molecule has 0 saturated heterocycles. The molecule has 0 heterocycles. The molecule has 2 rings (SSSR count). The molecule has 0 atom stereocenters. The highest BCUT2D eigenvalue weighted by Gasteiger charge is 2.10. The molecule has 0 fully saturated rings. The van der Waals surface area contributed by atoms with Crippen molar-refractivity contribution in [2.75, 3.05) is 11.9 Å². The molecule has 2 amide bonds. The lowest BCUT2D eigenvalue weighted by Gasteiger charge is -2.13. The van der Waals surface area contributed by atoms with Crippen LogP contribution in [0.3, 0.4) is 0 Å². The molecule has 0 unspecified atom stereocenters. The Morgan fingerprint density at radius 2 is 2.04 bits per heavy atom. The second kappa shape index (κ2) is 8.73. The van der Waals surface area contributed by atoms with Gasteiger partial charge in [-0.2, -0.15) is 0 Å². The lowest BCUT2D eigenvalue weighted by Crippen LogP contribution is -2.29. The maximum absolute atomic E-state index is 11.9. The van der Waals surface area contributed by atoms with Gasteiger partial charge in [0.25, 0.3) is 0 Å². The van der Waals surface area contributed by atoms with Crippen molar-refractivity contribution in [3.8, 4) is 0 Å². The lowest BCUT2D eigenvalue weighted by atomic mass is 9.97. The molecule has 1 aromatic rings. The maximum atomic E-state index is 11.9. The molecule has 1 aliphatic carbocycles. The van der Waals surface area contributed by atoms with Crippen LogP contribution in [0.4, 0.5) is 5.69 Å². The van der Waals surface area contributed by atoms with Crippen molar-refractivity contribution in [3.05, 3.63) is 40.4 Å². The Kier molecular flexibility index (Phi) is 6.66. The summed E-state index contributed by atoms with van der Waals surface area (Å²) in [7, 11) is 0. The molecule has 4 nitrogen and oxygen atoms in total. The zero-order chi connectivity index (χ0) is 16.7. The van der Waals surface area contributed by atoms with Crippen LogP contribution in [0.15, 0.2) is 29.8 Å². The van der Waals surface area contributed by atoms with Crippen LogP contribution in [0.2, 0.25) is 5.02 Å². The first-order chi connectivity index (χ1) is 11.0. The molecule has 0 radical (unpaired) electrons. The first kappa shape index (κ1) is 17.5. The SMILES string of the molecule is Cc1ccc(NC(=O)CC(=O)NCCC2=CCCCC2)cc1Cl. The summed E-state index contributed by atoms with van der Waals surface area (Å²) in [6.45, 7) is 2.48. The smallest absolute Gasteiger partial charge is 0.233 e. The minimum absolute atomic E-state index is 0.176. The molecule has 0 spiro atoms. The highest BCUT2D eigenvalue weighted by atomic mass is 35.5. The van der Waals surface area contributed by atoms with E-state index in [1.54, 1.807) is 12.1 Å². The molecule has 124 valence electrons. The zero-order valence-corrected chi connectivity index (χ0v) is 14.2. The summed E-state index contributed by atoms with van der Waals surface area (Å²) in [5.41, 5.74) is 2.96. The molecular formula is C18H23ClN2O2. The van der Waals surface area contributed by atoms with Crippen LogP contribution in [-0.2, 0) is 9.59 Å². The van der Waals surface area contributed by atoms with Gasteiger partial charge in [-0.05, 0) is 56.7 Å². The van der Waals surface area contributed by atoms with E-state index in [1.807, 2.05) is 13.0 Å². The molecule has 0 aromatic heterocycles. The van der Waals surface area contributed by atoms with Gasteiger partial charge in [0.2, 0.25) is 11.8 Å². The Labute approximate surface area is 142 Å². The van der Waals surface area contributed by atoms with Gasteiger partial charge in [-0.25, -0.2) is 0 Å². The van der Waals surface area contributed by atoms with Gasteiger partial charge in [0.05, 0.1) is 0 Å². The van der Waals surface area contributed by atoms with E-state index in [0.717, 1.165) is 24.8 Å². The van der Waals surface area contributed by atoms with E-state index in [0.29, 0.717) is 17.3 Å². The van der Waals surface area contributed by atoms with E-state index in [9.17, 15) is 9.59 Å². The first-order valence-electron chi connectivity index (χ1n) is 8.05. The normalized spacial score (nSPS) is 14.1. The molecular weight excluding hydrogens is 312 g/mol. The minimum Gasteiger partial charge on any atom is -0.355 e. The van der Waals surface area contributed by atoms with Crippen LogP contribution in [0.1, 0.15) is 44.1 Å². The summed E-state index contributed by atoms with van der Waals surface area (Å²) in [4.78, 5) is 23.6. The maximum Gasteiger partial charge on any atom is 0.233 e. The van der Waals surface area contributed by atoms with Gasteiger partial charge in [0.1, 0.15) is 6.42 Å². The average molecular weight is 335 g/mol. The van der Waals surface area contributed by atoms with Gasteiger partial charge >= 0.3 is 0 Å². The number of aryl methyl sites for hydroxylation is 1. The Bertz CT molecular complexity index is 611. The number of carbonyl (C=O) groups is 2. The number of benzene rings is 1. The highest BCUT2D eigenvalue weighted by molar-refractivity contribution is 6.31. The fraction of sp³-hybridized carbons (Fsp3) is 0.444. The third kappa shape index (κ3) is 6.06. The molecule has 23 heavy (non-hydrogen) atoms. The van der Waals surface area contributed by atoms with E-state index in [4.69, 9.17) is 11.6 Å². The van der Waals surface area contributed by atoms with Crippen LogP contribution < -0.4 is 10.6 Å². The number of hydrogen-bond acceptors (Lipinski definition) is 2. The van der Waals surface area contributed by atoms with Gasteiger partial charge < -0.3 is 10.6 Å². The summed E-state index contributed by atoms with van der Waals surface area (Å²) in [5.74, 6) is -0.587. The summed E-state index contributed by atoms with van der Waals surface area (Å²) in [6, 6.07) is 5.28. The van der Waals surface area contributed by atoms with Crippen molar-refractivity contribution in [1.82, 2.24) is 5.32 Å². The van der Waals surface area contributed by atoms with Crippen LogP contribution in [-0.4, -0.2) is 18.4 Å². The Hall–Kier alpha value is -1.81. The second-order valence-electron chi connectivity index (χ2n) is 5.90. The van der Waals surface area contributed by atoms with E-state index < -0.39 is 0 Å². The number of nitrogens with one attached hydrogen (secondary N) is 2. The van der Waals surface area contributed by atoms with Crippen molar-refractivity contribution in [3.63, 3.8) is 0 Å². The Morgan fingerprint density at radius 3 is 2.74 bits per heavy atom. The molecule has 2 N–H and O–H groups in total. The molecule has 1 aromatic carbocycles. The summed E-state index contributed by atoms with van der Waals surface area (Å²) in [6.07, 6.45) is 7.74. The van der Waals surface area contributed by atoms with Crippen LogP contribution in [0.25, 0.3) is 0 Å². The predicted molar refractivity (Wildman–Crippen MR) is 93.6 cm³/mol. The van der Waals surface area contributed by atoms with Gasteiger partial charge in [-0.1, -0.05) is 29.3 Å². The standard InChI is InChI=1S/C18H23ClN2O2/c1-13-7-8-15(11-16(13)19)21-18(23)12-17(22)20-10-9-14-5-3-2-4-6-14/h5,7-8,11H,2-4,6,9-10,12H2,1H3,(H,20,22)(H,21,23). The van der Waals surface area contributed by atoms with E-state index in [-0.39, 0.29) is 18.2 Å². The molecule has 5 heteroatoms. The van der Waals surface area contributed by atoms with Crippen LogP contribution in [0.5, 0.6) is 0 Å². The summed E-state index contributed by atoms with van der Waals surface area (Å²) < 4.78 is 0. The third-order valence-electron chi connectivity index (χ3n) is 3.93. The van der Waals surface area contributed by atoms with Crippen molar-refractivity contribution in [1.29, 1.82) is 0 Å². The van der Waals surface area contributed by atoms with E-state index in [2.05, 4.69) is 16.7 Å². The van der Waals surface area contributed by atoms with Crippen LogP contribution in [0, 0.1) is 6.92 Å². The molecule has 0 saturated carbocycles. The van der Waals surface area contributed by atoms with Crippen molar-refractivity contribution in [2.24, 2.45) is 0 Å². The number of carbonyl (C=O) groups excluding carboxylic acids is 2. The lowest BCUT2D eigenvalue weighted by molar-refractivity contribution is -0.126. The topological polar surface area (TPSA) is 58.2 Å². The van der Waals surface area contributed by atoms with Gasteiger partial charge in [0.15, 0.2) is 0 Å². The number of hydrogen-bond donors (Lipinski definition) is 2. The van der Waals surface area contributed by atoms with Crippen molar-refractivity contribution >= 4 is 29.1 Å². The number of rotatable bonds is 6. The fourth-order valence-electron chi connectivity index (χ4n) is 2.58. The molecule has 0 bridgehead atoms. The number of halogens is 1. The predicted octanol–water partition coefficient (Wildman–Crippen LogP) is 3.98. The quantitative estimate of drug-likeness (QED) is 0.610. The van der Waals surface area contributed by atoms with Gasteiger partial charge in [-0.15, -0.1) is 0 Å². The van der Waals surface area contributed by atoms with E-state index >= 15 is 0 Å². The Morgan fingerprint density at radius 1 is 1.22 bits per heavy atom. The second-order valence-corrected chi connectivity index (χ2v) is 6.30. The first-order valence-corrected chi connectivity index (χ1v) is 8.43. The van der Waals surface area contributed by atoms with Gasteiger partial charge in [0, 0.05) is 17.3 Å². The summed E-state index contributed by atoms with van der Waals surface area (Å²) >= 11 is 6.01. The number of allylic oxidation sites excluding steroid dienone is 1. The van der Waals surface area contributed by atoms with Crippen molar-refractivity contribution < 1.29 is 9.59 Å². The van der Waals surface area contributed by atoms with E-state index in [1.165, 1.54) is 18.4 Å². The largest absolute Gasteiger partial charge is 0.355 e. The fourth-order valence-corrected chi connectivity index (χ4v) is 2.76. The molecule has 1 aliphatic rings. The monoisotopic (exact) mass is 334 g/mol. The highest BCUT2D eigenvalue weighted by Crippen LogP contribution is 2.20.